The van der Waals surface area contributed by atoms with Crippen molar-refractivity contribution in [2.75, 3.05) is 7.05 Å². The molecule has 4 rings (SSSR count). The Kier molecular flexibility index (Phi) is 5.52. The van der Waals surface area contributed by atoms with Gasteiger partial charge in [-0.15, -0.1) is 0 Å². The van der Waals surface area contributed by atoms with Crippen molar-refractivity contribution in [2.24, 2.45) is 0 Å². The zero-order valence-corrected chi connectivity index (χ0v) is 17.9. The summed E-state index contributed by atoms with van der Waals surface area (Å²) in [5, 5.41) is 10.2. The Morgan fingerprint density at radius 2 is 2.00 bits per heavy atom. The average molecular weight is 422 g/mol. The van der Waals surface area contributed by atoms with E-state index in [1.54, 1.807) is 17.7 Å². The number of rotatable bonds is 4. The molecule has 2 aromatic rings. The molecule has 0 spiro atoms. The number of hydrogen-bond donors (Lipinski definition) is 0. The van der Waals surface area contributed by atoms with Crippen LogP contribution in [0.4, 0.5) is 0 Å². The first-order valence-electron chi connectivity index (χ1n) is 10.8. The number of carbonyl (C=O) groups is 2. The van der Waals surface area contributed by atoms with Gasteiger partial charge in [-0.3, -0.25) is 14.2 Å². The molecule has 1 fully saturated rings. The molecule has 0 radical (unpaired) electrons. The van der Waals surface area contributed by atoms with E-state index in [1.165, 1.54) is 24.0 Å². The van der Waals surface area contributed by atoms with E-state index in [0.717, 1.165) is 37.9 Å². The van der Waals surface area contributed by atoms with Crippen LogP contribution in [-0.2, 0) is 22.5 Å². The normalized spacial score (nSPS) is 18.1. The molecule has 31 heavy (non-hydrogen) atoms. The summed E-state index contributed by atoms with van der Waals surface area (Å²) < 4.78 is 7.09. The molecule has 0 N–H and O–H groups in total. The predicted octanol–water partition coefficient (Wildman–Crippen LogP) is 2.57. The molecule has 8 nitrogen and oxygen atoms in total. The number of fused-ring (bicyclic) bond motifs is 2. The number of aryl methyl sites for hydroxylation is 1. The molecule has 1 atom stereocenters. The highest BCUT2D eigenvalue weighted by Crippen LogP contribution is 2.33. The van der Waals surface area contributed by atoms with Gasteiger partial charge in [0.2, 0.25) is 0 Å². The maximum absolute atomic E-state index is 12.9. The number of carbonyl (C=O) groups excluding carboxylic acids is 2. The van der Waals surface area contributed by atoms with Gasteiger partial charge in [0.05, 0.1) is 22.5 Å². The number of likely N-dealkylation sites (N-methyl/N-ethyl adjacent to an activating group) is 1. The van der Waals surface area contributed by atoms with Crippen LogP contribution in [0.5, 0.6) is 0 Å². The smallest absolute Gasteiger partial charge is 0.338 e. The molecule has 0 bridgehead atoms. The lowest BCUT2D eigenvalue weighted by Gasteiger charge is -2.39. The van der Waals surface area contributed by atoms with E-state index >= 15 is 0 Å². The van der Waals surface area contributed by atoms with Gasteiger partial charge in [-0.1, -0.05) is 19.3 Å². The van der Waals surface area contributed by atoms with Crippen molar-refractivity contribution >= 4 is 22.8 Å². The fraction of sp³-hybridized carbons (Fsp3) is 0.522. The standard InChI is InChI=1S/C23H26N4O4/c1-15(20(28)26(2)23(14-24)10-4-3-5-11-23)31-22(30)16-8-9-17-18(13-16)25-19-7-6-12-27(19)21(17)29/h8-9,13,15H,3-7,10-12H2,1-2H3/t15-/m1/s1. The van der Waals surface area contributed by atoms with Gasteiger partial charge in [0, 0.05) is 20.0 Å². The Morgan fingerprint density at radius 3 is 2.71 bits per heavy atom. The van der Waals surface area contributed by atoms with E-state index in [-0.39, 0.29) is 11.1 Å². The van der Waals surface area contributed by atoms with E-state index < -0.39 is 23.5 Å². The van der Waals surface area contributed by atoms with Crippen molar-refractivity contribution in [3.8, 4) is 6.07 Å². The molecule has 2 aliphatic rings. The first kappa shape index (κ1) is 21.0. The zero-order valence-electron chi connectivity index (χ0n) is 17.9. The van der Waals surface area contributed by atoms with Gasteiger partial charge >= 0.3 is 5.97 Å². The molecule has 1 aliphatic heterocycles. The molecule has 0 saturated heterocycles. The molecule has 1 saturated carbocycles. The molecule has 1 aromatic heterocycles. The minimum absolute atomic E-state index is 0.100. The zero-order chi connectivity index (χ0) is 22.2. The maximum Gasteiger partial charge on any atom is 0.338 e. The average Bonchev–Trinajstić information content (AvgIpc) is 3.27. The Bertz CT molecular complexity index is 1140. The predicted molar refractivity (Wildman–Crippen MR) is 113 cm³/mol. The highest BCUT2D eigenvalue weighted by atomic mass is 16.5. The summed E-state index contributed by atoms with van der Waals surface area (Å²) >= 11 is 0. The maximum atomic E-state index is 12.9. The molecule has 8 heteroatoms. The third-order valence-corrected chi connectivity index (χ3v) is 6.55. The monoisotopic (exact) mass is 422 g/mol. The van der Waals surface area contributed by atoms with Gasteiger partial charge in [0.25, 0.3) is 11.5 Å². The van der Waals surface area contributed by atoms with E-state index in [2.05, 4.69) is 11.1 Å². The Morgan fingerprint density at radius 1 is 1.26 bits per heavy atom. The van der Waals surface area contributed by atoms with Crippen LogP contribution in [0.2, 0.25) is 0 Å². The van der Waals surface area contributed by atoms with Crippen LogP contribution >= 0.6 is 0 Å². The van der Waals surface area contributed by atoms with Crippen LogP contribution in [0.25, 0.3) is 10.9 Å². The van der Waals surface area contributed by atoms with Crippen LogP contribution in [0.1, 0.15) is 61.6 Å². The van der Waals surface area contributed by atoms with Gasteiger partial charge < -0.3 is 9.64 Å². The molecule has 2 heterocycles. The number of nitrogens with zero attached hydrogens (tertiary/aromatic N) is 4. The number of amides is 1. The van der Waals surface area contributed by atoms with E-state index in [0.29, 0.717) is 30.3 Å². The summed E-state index contributed by atoms with van der Waals surface area (Å²) in [6.45, 7) is 2.18. The Hall–Kier alpha value is -3.21. The molecule has 1 amide bonds. The number of esters is 1. The van der Waals surface area contributed by atoms with E-state index in [1.807, 2.05) is 0 Å². The second-order valence-corrected chi connectivity index (χ2v) is 8.47. The van der Waals surface area contributed by atoms with E-state index in [9.17, 15) is 19.6 Å². The summed E-state index contributed by atoms with van der Waals surface area (Å²) in [5.74, 6) is -0.331. The Labute approximate surface area is 180 Å². The molecular formula is C23H26N4O4. The lowest BCUT2D eigenvalue weighted by atomic mass is 9.81. The summed E-state index contributed by atoms with van der Waals surface area (Å²) in [5.41, 5.74) is -0.255. The number of hydrogen-bond acceptors (Lipinski definition) is 6. The van der Waals surface area contributed by atoms with Crippen LogP contribution in [-0.4, -0.2) is 45.0 Å². The summed E-state index contributed by atoms with van der Waals surface area (Å²) in [4.78, 5) is 44.2. The van der Waals surface area contributed by atoms with Crippen LogP contribution in [0, 0.1) is 11.3 Å². The number of nitriles is 1. The van der Waals surface area contributed by atoms with Crippen molar-refractivity contribution in [1.29, 1.82) is 5.26 Å². The molecule has 1 aliphatic carbocycles. The highest BCUT2D eigenvalue weighted by molar-refractivity contribution is 5.95. The number of benzene rings is 1. The highest BCUT2D eigenvalue weighted by Gasteiger charge is 2.40. The molecule has 162 valence electrons. The van der Waals surface area contributed by atoms with Crippen LogP contribution in [0.15, 0.2) is 23.0 Å². The van der Waals surface area contributed by atoms with Crippen molar-refractivity contribution < 1.29 is 14.3 Å². The number of aromatic nitrogens is 2. The van der Waals surface area contributed by atoms with Gasteiger partial charge in [-0.2, -0.15) is 5.26 Å². The molecule has 0 unspecified atom stereocenters. The van der Waals surface area contributed by atoms with E-state index in [4.69, 9.17) is 4.74 Å². The van der Waals surface area contributed by atoms with Crippen molar-refractivity contribution in [2.45, 2.75) is 70.1 Å². The SMILES string of the molecule is C[C@@H](OC(=O)c1ccc2c(=O)n3c(nc2c1)CCC3)C(=O)N(C)C1(C#N)CCCCC1. The summed E-state index contributed by atoms with van der Waals surface area (Å²) in [7, 11) is 1.61. The van der Waals surface area contributed by atoms with Crippen LogP contribution < -0.4 is 5.56 Å². The van der Waals surface area contributed by atoms with Gasteiger partial charge in [-0.05, 0) is 44.4 Å². The minimum Gasteiger partial charge on any atom is -0.449 e. The van der Waals surface area contributed by atoms with Crippen LogP contribution in [0.3, 0.4) is 0 Å². The second-order valence-electron chi connectivity index (χ2n) is 8.47. The summed E-state index contributed by atoms with van der Waals surface area (Å²) in [6.07, 6.45) is 4.69. The third-order valence-electron chi connectivity index (χ3n) is 6.55. The van der Waals surface area contributed by atoms with Gasteiger partial charge in [-0.25, -0.2) is 9.78 Å². The topological polar surface area (TPSA) is 105 Å². The van der Waals surface area contributed by atoms with Gasteiger partial charge in [0.1, 0.15) is 11.4 Å². The summed E-state index contributed by atoms with van der Waals surface area (Å²) in [6, 6.07) is 6.95. The minimum atomic E-state index is -1.03. The van der Waals surface area contributed by atoms with Crippen molar-refractivity contribution in [1.82, 2.24) is 14.5 Å². The van der Waals surface area contributed by atoms with Crippen molar-refractivity contribution in [3.63, 3.8) is 0 Å². The fourth-order valence-electron chi connectivity index (χ4n) is 4.63. The van der Waals surface area contributed by atoms with Crippen molar-refractivity contribution in [3.05, 3.63) is 39.9 Å². The third kappa shape index (κ3) is 3.69. The fourth-order valence-corrected chi connectivity index (χ4v) is 4.63. The van der Waals surface area contributed by atoms with Gasteiger partial charge in [0.15, 0.2) is 6.10 Å². The first-order valence-corrected chi connectivity index (χ1v) is 10.8. The molecular weight excluding hydrogens is 396 g/mol. The quantitative estimate of drug-likeness (QED) is 0.701. The second kappa shape index (κ2) is 8.14. The lowest BCUT2D eigenvalue weighted by molar-refractivity contribution is -0.143. The first-order chi connectivity index (χ1) is 14.9. The lowest BCUT2D eigenvalue weighted by Crippen LogP contribution is -2.53. The number of ether oxygens (including phenoxy) is 1. The largest absolute Gasteiger partial charge is 0.449 e. The molecule has 1 aromatic carbocycles. The Balaban J connectivity index is 1.51.